The van der Waals surface area contributed by atoms with Gasteiger partial charge in [-0.15, -0.1) is 0 Å². The van der Waals surface area contributed by atoms with E-state index in [1.807, 2.05) is 24.5 Å². The summed E-state index contributed by atoms with van der Waals surface area (Å²) < 4.78 is 6.01. The largest absolute Gasteiger partial charge is 0.494 e. The highest BCUT2D eigenvalue weighted by atomic mass is 16.5. The molecule has 1 unspecified atom stereocenters. The fraction of sp³-hybridized carbons (Fsp3) is 0.655. The minimum absolute atomic E-state index is 0.673. The van der Waals surface area contributed by atoms with E-state index in [2.05, 4.69) is 42.9 Å². The second-order valence-corrected chi connectivity index (χ2v) is 10.0. The molecule has 1 saturated carbocycles. The predicted molar refractivity (Wildman–Crippen MR) is 135 cm³/mol. The van der Waals surface area contributed by atoms with Crippen LogP contribution in [0.15, 0.2) is 36.7 Å². The summed E-state index contributed by atoms with van der Waals surface area (Å²) >= 11 is 0. The van der Waals surface area contributed by atoms with Crippen LogP contribution in [0, 0.1) is 17.8 Å². The van der Waals surface area contributed by atoms with E-state index in [1.165, 1.54) is 69.8 Å². The van der Waals surface area contributed by atoms with Gasteiger partial charge in [0.2, 0.25) is 0 Å². The van der Waals surface area contributed by atoms with Gasteiger partial charge in [-0.3, -0.25) is 0 Å². The first-order chi connectivity index (χ1) is 15.7. The van der Waals surface area contributed by atoms with Gasteiger partial charge in [0.25, 0.3) is 0 Å². The lowest BCUT2D eigenvalue weighted by Gasteiger charge is -2.28. The highest BCUT2D eigenvalue weighted by molar-refractivity contribution is 5.55. The molecular formula is C29H44N2O. The Morgan fingerprint density at radius 3 is 2.09 bits per heavy atom. The van der Waals surface area contributed by atoms with Crippen molar-refractivity contribution in [1.82, 2.24) is 9.97 Å². The van der Waals surface area contributed by atoms with Gasteiger partial charge in [0.1, 0.15) is 5.75 Å². The standard InChI is InChI=1S/C29H44N2O/c1-4-6-7-9-24-11-13-25(14-12-24)10-8-19-32-28-17-15-27(16-18-28)29-30-21-26(22-31-29)20-23(3)5-2/h15-18,21-25H,4-14,19-20H2,1-3H3. The van der Waals surface area contributed by atoms with Crippen molar-refractivity contribution in [1.29, 1.82) is 0 Å². The highest BCUT2D eigenvalue weighted by Gasteiger charge is 2.20. The molecule has 1 heterocycles. The normalized spacial score (nSPS) is 19.6. The van der Waals surface area contributed by atoms with Gasteiger partial charge in [0, 0.05) is 18.0 Å². The number of hydrogen-bond donors (Lipinski definition) is 0. The van der Waals surface area contributed by atoms with Gasteiger partial charge in [-0.1, -0.05) is 78.6 Å². The Morgan fingerprint density at radius 2 is 1.50 bits per heavy atom. The average molecular weight is 437 g/mol. The molecule has 0 radical (unpaired) electrons. The Morgan fingerprint density at radius 1 is 0.875 bits per heavy atom. The fourth-order valence-corrected chi connectivity index (χ4v) is 4.91. The molecule has 3 rings (SSSR count). The van der Waals surface area contributed by atoms with E-state index in [4.69, 9.17) is 4.74 Å². The van der Waals surface area contributed by atoms with Crippen LogP contribution >= 0.6 is 0 Å². The number of benzene rings is 1. The molecule has 0 amide bonds. The van der Waals surface area contributed by atoms with E-state index in [1.54, 1.807) is 0 Å². The number of rotatable bonds is 13. The molecule has 3 nitrogen and oxygen atoms in total. The smallest absolute Gasteiger partial charge is 0.159 e. The molecule has 0 saturated heterocycles. The maximum absolute atomic E-state index is 6.01. The summed E-state index contributed by atoms with van der Waals surface area (Å²) in [5, 5.41) is 0. The lowest BCUT2D eigenvalue weighted by molar-refractivity contribution is 0.228. The third-order valence-corrected chi connectivity index (χ3v) is 7.31. The Kier molecular flexibility index (Phi) is 10.5. The van der Waals surface area contributed by atoms with Crippen LogP contribution in [-0.2, 0) is 6.42 Å². The number of hydrogen-bond acceptors (Lipinski definition) is 3. The Hall–Kier alpha value is -1.90. The van der Waals surface area contributed by atoms with Crippen molar-refractivity contribution in [2.24, 2.45) is 17.8 Å². The van der Waals surface area contributed by atoms with E-state index >= 15 is 0 Å². The molecule has 1 aliphatic rings. The van der Waals surface area contributed by atoms with Crippen LogP contribution in [0.1, 0.15) is 97.0 Å². The van der Waals surface area contributed by atoms with Crippen LogP contribution in [0.5, 0.6) is 5.75 Å². The van der Waals surface area contributed by atoms with E-state index in [0.29, 0.717) is 5.92 Å². The van der Waals surface area contributed by atoms with Crippen LogP contribution in [0.4, 0.5) is 0 Å². The minimum atomic E-state index is 0.673. The summed E-state index contributed by atoms with van der Waals surface area (Å²) in [5.41, 5.74) is 2.26. The molecule has 1 fully saturated rings. The molecule has 1 atom stereocenters. The first-order valence-corrected chi connectivity index (χ1v) is 13.2. The monoisotopic (exact) mass is 436 g/mol. The van der Waals surface area contributed by atoms with Gasteiger partial charge >= 0.3 is 0 Å². The maximum atomic E-state index is 6.01. The Bertz CT molecular complexity index is 748. The lowest BCUT2D eigenvalue weighted by Crippen LogP contribution is -2.15. The highest BCUT2D eigenvalue weighted by Crippen LogP contribution is 2.34. The van der Waals surface area contributed by atoms with Crippen LogP contribution in [0.2, 0.25) is 0 Å². The number of aromatic nitrogens is 2. The van der Waals surface area contributed by atoms with E-state index in [0.717, 1.165) is 48.4 Å². The zero-order valence-electron chi connectivity index (χ0n) is 20.7. The molecule has 1 aromatic heterocycles. The average Bonchev–Trinajstić information content (AvgIpc) is 2.84. The molecule has 3 heteroatoms. The van der Waals surface area contributed by atoms with Crippen molar-refractivity contribution in [3.05, 3.63) is 42.2 Å². The van der Waals surface area contributed by atoms with Crippen LogP contribution in [0.25, 0.3) is 11.4 Å². The number of nitrogens with zero attached hydrogens (tertiary/aromatic N) is 2. The zero-order chi connectivity index (χ0) is 22.6. The van der Waals surface area contributed by atoms with Gasteiger partial charge in [0.05, 0.1) is 6.61 Å². The molecule has 1 aromatic carbocycles. The Balaban J connectivity index is 1.34. The molecular weight excluding hydrogens is 392 g/mol. The molecule has 1 aliphatic carbocycles. The number of unbranched alkanes of at least 4 members (excludes halogenated alkanes) is 2. The molecule has 0 spiro atoms. The molecule has 32 heavy (non-hydrogen) atoms. The van der Waals surface area contributed by atoms with Gasteiger partial charge in [0.15, 0.2) is 5.82 Å². The topological polar surface area (TPSA) is 35.0 Å². The zero-order valence-corrected chi connectivity index (χ0v) is 20.7. The summed E-state index contributed by atoms with van der Waals surface area (Å²) in [4.78, 5) is 9.13. The molecule has 0 N–H and O–H groups in total. The minimum Gasteiger partial charge on any atom is -0.494 e. The van der Waals surface area contributed by atoms with Crippen molar-refractivity contribution in [3.63, 3.8) is 0 Å². The second-order valence-electron chi connectivity index (χ2n) is 10.0. The third-order valence-electron chi connectivity index (χ3n) is 7.31. The first-order valence-electron chi connectivity index (χ1n) is 13.2. The van der Waals surface area contributed by atoms with Gasteiger partial charge < -0.3 is 4.74 Å². The quantitative estimate of drug-likeness (QED) is 0.296. The van der Waals surface area contributed by atoms with E-state index in [-0.39, 0.29) is 0 Å². The molecule has 0 bridgehead atoms. The summed E-state index contributed by atoms with van der Waals surface area (Å²) in [7, 11) is 0. The fourth-order valence-electron chi connectivity index (χ4n) is 4.91. The lowest BCUT2D eigenvalue weighted by atomic mass is 9.78. The maximum Gasteiger partial charge on any atom is 0.159 e. The SMILES string of the molecule is CCCCCC1CCC(CCCOc2ccc(-c3ncc(CC(C)CC)cn3)cc2)CC1. The van der Waals surface area contributed by atoms with Crippen molar-refractivity contribution in [3.8, 4) is 17.1 Å². The molecule has 176 valence electrons. The number of ether oxygens (including phenoxy) is 1. The van der Waals surface area contributed by atoms with Crippen molar-refractivity contribution in [2.45, 2.75) is 97.8 Å². The van der Waals surface area contributed by atoms with Crippen LogP contribution in [-0.4, -0.2) is 16.6 Å². The van der Waals surface area contributed by atoms with Gasteiger partial charge in [-0.25, -0.2) is 9.97 Å². The second kappa shape index (κ2) is 13.6. The van der Waals surface area contributed by atoms with Crippen molar-refractivity contribution >= 4 is 0 Å². The first kappa shape index (κ1) is 24.7. The van der Waals surface area contributed by atoms with E-state index < -0.39 is 0 Å². The summed E-state index contributed by atoms with van der Waals surface area (Å²) in [6.07, 6.45) is 20.1. The Labute approximate surface area is 196 Å². The molecule has 0 aliphatic heterocycles. The third kappa shape index (κ3) is 8.22. The van der Waals surface area contributed by atoms with Gasteiger partial charge in [-0.2, -0.15) is 0 Å². The van der Waals surface area contributed by atoms with Crippen LogP contribution < -0.4 is 4.74 Å². The van der Waals surface area contributed by atoms with Crippen LogP contribution in [0.3, 0.4) is 0 Å². The van der Waals surface area contributed by atoms with Crippen molar-refractivity contribution < 1.29 is 4.74 Å². The summed E-state index contributed by atoms with van der Waals surface area (Å²) in [6, 6.07) is 8.23. The summed E-state index contributed by atoms with van der Waals surface area (Å²) in [5.74, 6) is 4.33. The summed E-state index contributed by atoms with van der Waals surface area (Å²) in [6.45, 7) is 7.61. The van der Waals surface area contributed by atoms with E-state index in [9.17, 15) is 0 Å². The molecule has 2 aromatic rings. The predicted octanol–water partition coefficient (Wildman–Crippen LogP) is 8.28. The van der Waals surface area contributed by atoms with Gasteiger partial charge in [-0.05, 0) is 66.8 Å². The van der Waals surface area contributed by atoms with Crippen molar-refractivity contribution in [2.75, 3.05) is 6.61 Å².